The number of carbonyl (C=O) groups is 2. The predicted octanol–water partition coefficient (Wildman–Crippen LogP) is 1.88. The van der Waals surface area contributed by atoms with Gasteiger partial charge in [0.1, 0.15) is 0 Å². The molecule has 0 spiro atoms. The van der Waals surface area contributed by atoms with Crippen molar-refractivity contribution in [2.24, 2.45) is 5.73 Å². The van der Waals surface area contributed by atoms with Gasteiger partial charge < -0.3 is 21.4 Å². The largest absolute Gasteiger partial charge is 0.361 e. The molecule has 2 amide bonds. The molecule has 0 saturated heterocycles. The van der Waals surface area contributed by atoms with Crippen molar-refractivity contribution < 1.29 is 9.59 Å². The van der Waals surface area contributed by atoms with Crippen LogP contribution in [0.25, 0.3) is 10.9 Å². The molecule has 7 heteroatoms. The maximum absolute atomic E-state index is 12.1. The van der Waals surface area contributed by atoms with Crippen LogP contribution in [-0.4, -0.2) is 34.9 Å². The lowest BCUT2D eigenvalue weighted by Crippen LogP contribution is -2.45. The lowest BCUT2D eigenvalue weighted by molar-refractivity contribution is -0.123. The minimum Gasteiger partial charge on any atom is -0.361 e. The van der Waals surface area contributed by atoms with Gasteiger partial charge in [-0.1, -0.05) is 18.2 Å². The molecule has 25 heavy (non-hydrogen) atoms. The molecule has 0 radical (unpaired) electrons. The second-order valence-electron chi connectivity index (χ2n) is 7.01. The first-order valence-electron chi connectivity index (χ1n) is 8.15. The van der Waals surface area contributed by atoms with Crippen LogP contribution in [0.4, 0.5) is 0 Å². The molecule has 0 aliphatic carbocycles. The molecule has 0 saturated carbocycles. The van der Waals surface area contributed by atoms with Crippen molar-refractivity contribution in [1.82, 2.24) is 15.6 Å². The monoisotopic (exact) mass is 366 g/mol. The molecule has 1 aromatic heterocycles. The summed E-state index contributed by atoms with van der Waals surface area (Å²) in [6.07, 6.45) is 2.57. The van der Waals surface area contributed by atoms with Gasteiger partial charge in [0.15, 0.2) is 0 Å². The molecule has 138 valence electrons. The smallest absolute Gasteiger partial charge is 0.237 e. The third-order valence-electron chi connectivity index (χ3n) is 3.62. The maximum Gasteiger partial charge on any atom is 0.237 e. The van der Waals surface area contributed by atoms with Gasteiger partial charge in [-0.15, -0.1) is 12.4 Å². The zero-order valence-electron chi connectivity index (χ0n) is 14.9. The Hall–Kier alpha value is -2.05. The van der Waals surface area contributed by atoms with Gasteiger partial charge in [0.05, 0.1) is 6.04 Å². The molecule has 2 aromatic rings. The highest BCUT2D eigenvalue weighted by Gasteiger charge is 2.17. The summed E-state index contributed by atoms with van der Waals surface area (Å²) >= 11 is 0. The summed E-state index contributed by atoms with van der Waals surface area (Å²) < 4.78 is 0. The molecule has 0 aliphatic heterocycles. The first-order chi connectivity index (χ1) is 11.3. The van der Waals surface area contributed by atoms with Crippen LogP contribution in [0.3, 0.4) is 0 Å². The second kappa shape index (κ2) is 8.87. The predicted molar refractivity (Wildman–Crippen MR) is 103 cm³/mol. The van der Waals surface area contributed by atoms with Gasteiger partial charge in [0.2, 0.25) is 11.8 Å². The normalized spacial score (nSPS) is 12.3. The van der Waals surface area contributed by atoms with Gasteiger partial charge in [-0.2, -0.15) is 0 Å². The molecule has 0 bridgehead atoms. The Morgan fingerprint density at radius 1 is 1.24 bits per heavy atom. The van der Waals surface area contributed by atoms with Crippen molar-refractivity contribution >= 4 is 35.1 Å². The minimum atomic E-state index is -0.644. The van der Waals surface area contributed by atoms with Crippen molar-refractivity contribution in [3.05, 3.63) is 36.0 Å². The molecule has 1 aromatic carbocycles. The Morgan fingerprint density at radius 2 is 1.92 bits per heavy atom. The Morgan fingerprint density at radius 3 is 2.60 bits per heavy atom. The van der Waals surface area contributed by atoms with Crippen molar-refractivity contribution in [3.63, 3.8) is 0 Å². The minimum absolute atomic E-state index is 0. The highest BCUT2D eigenvalue weighted by atomic mass is 35.5. The van der Waals surface area contributed by atoms with Crippen LogP contribution < -0.4 is 16.4 Å². The summed E-state index contributed by atoms with van der Waals surface area (Å²) in [7, 11) is 0. The molecule has 1 atom stereocenters. The quantitative estimate of drug-likeness (QED) is 0.628. The number of carbonyl (C=O) groups excluding carboxylic acids is 2. The van der Waals surface area contributed by atoms with E-state index in [-0.39, 0.29) is 42.7 Å². The first-order valence-corrected chi connectivity index (χ1v) is 8.15. The zero-order chi connectivity index (χ0) is 17.7. The van der Waals surface area contributed by atoms with Gasteiger partial charge in [0.25, 0.3) is 0 Å². The van der Waals surface area contributed by atoms with Crippen LogP contribution in [0.1, 0.15) is 32.8 Å². The number of halogens is 1. The van der Waals surface area contributed by atoms with Gasteiger partial charge in [-0.3, -0.25) is 9.59 Å². The number of para-hydroxylation sites is 1. The van der Waals surface area contributed by atoms with Gasteiger partial charge in [0, 0.05) is 35.6 Å². The van der Waals surface area contributed by atoms with Crippen LogP contribution >= 0.6 is 12.4 Å². The van der Waals surface area contributed by atoms with Crippen LogP contribution in [0, 0.1) is 0 Å². The number of fused-ring (bicyclic) bond motifs is 1. The van der Waals surface area contributed by atoms with Crippen molar-refractivity contribution in [1.29, 1.82) is 0 Å². The third kappa shape index (κ3) is 6.40. The number of aromatic nitrogens is 1. The van der Waals surface area contributed by atoms with Gasteiger partial charge >= 0.3 is 0 Å². The topological polar surface area (TPSA) is 100 Å². The van der Waals surface area contributed by atoms with Crippen LogP contribution in [0.15, 0.2) is 30.5 Å². The molecular weight excluding hydrogens is 340 g/mol. The molecular formula is C18H27ClN4O2. The maximum atomic E-state index is 12.1. The molecule has 0 fully saturated rings. The summed E-state index contributed by atoms with van der Waals surface area (Å²) in [5.41, 5.74) is 7.76. The molecule has 0 aliphatic rings. The first kappa shape index (κ1) is 21.0. The van der Waals surface area contributed by atoms with E-state index in [1.807, 2.05) is 51.2 Å². The summed E-state index contributed by atoms with van der Waals surface area (Å²) in [6.45, 7) is 6.03. The SMILES string of the molecule is CC(C)(C)NC(=O)CCNC(=O)[C@@H](N)Cc1c[nH]c2ccccc12.Cl. The van der Waals surface area contributed by atoms with Crippen molar-refractivity contribution in [3.8, 4) is 0 Å². The number of hydrogen-bond donors (Lipinski definition) is 4. The second-order valence-corrected chi connectivity index (χ2v) is 7.01. The van der Waals surface area contributed by atoms with Gasteiger partial charge in [-0.05, 0) is 38.8 Å². The average Bonchev–Trinajstić information content (AvgIpc) is 2.88. The molecule has 1 heterocycles. The summed E-state index contributed by atoms with van der Waals surface area (Å²) in [5, 5.41) is 6.65. The molecule has 5 N–H and O–H groups in total. The third-order valence-corrected chi connectivity index (χ3v) is 3.62. The highest BCUT2D eigenvalue weighted by Crippen LogP contribution is 2.18. The van der Waals surface area contributed by atoms with Crippen LogP contribution in [0.2, 0.25) is 0 Å². The Labute approximate surface area is 154 Å². The fraction of sp³-hybridized carbons (Fsp3) is 0.444. The molecule has 2 rings (SSSR count). The van der Waals surface area contributed by atoms with Crippen LogP contribution in [0.5, 0.6) is 0 Å². The number of hydrogen-bond acceptors (Lipinski definition) is 3. The zero-order valence-corrected chi connectivity index (χ0v) is 15.7. The van der Waals surface area contributed by atoms with E-state index in [9.17, 15) is 9.59 Å². The summed E-state index contributed by atoms with van der Waals surface area (Å²) in [5.74, 6) is -0.336. The van der Waals surface area contributed by atoms with Crippen LogP contribution in [-0.2, 0) is 16.0 Å². The lowest BCUT2D eigenvalue weighted by atomic mass is 10.1. The summed E-state index contributed by atoms with van der Waals surface area (Å²) in [6, 6.07) is 7.26. The Balaban J connectivity index is 0.00000312. The number of H-pyrrole nitrogens is 1. The lowest BCUT2D eigenvalue weighted by Gasteiger charge is -2.20. The highest BCUT2D eigenvalue weighted by molar-refractivity contribution is 5.86. The molecule has 6 nitrogen and oxygen atoms in total. The fourth-order valence-corrected chi connectivity index (χ4v) is 2.54. The fourth-order valence-electron chi connectivity index (χ4n) is 2.54. The number of benzene rings is 1. The van der Waals surface area contributed by atoms with Crippen molar-refractivity contribution in [2.75, 3.05) is 6.54 Å². The summed E-state index contributed by atoms with van der Waals surface area (Å²) in [4.78, 5) is 27.0. The number of rotatable bonds is 6. The van der Waals surface area contributed by atoms with E-state index >= 15 is 0 Å². The van der Waals surface area contributed by atoms with E-state index in [0.29, 0.717) is 6.42 Å². The van der Waals surface area contributed by atoms with E-state index in [0.717, 1.165) is 16.5 Å². The number of aromatic amines is 1. The van der Waals surface area contributed by atoms with E-state index < -0.39 is 6.04 Å². The van der Waals surface area contributed by atoms with E-state index in [4.69, 9.17) is 5.73 Å². The standard InChI is InChI=1S/C18H26N4O2.ClH/c1-18(2,3)22-16(23)8-9-20-17(24)14(19)10-12-11-21-15-7-5-4-6-13(12)15;/h4-7,11,14,21H,8-10,19H2,1-3H3,(H,20,24)(H,22,23);1H/t14-;/m0./s1. The van der Waals surface area contributed by atoms with E-state index in [1.165, 1.54) is 0 Å². The number of nitrogens with one attached hydrogen (secondary N) is 3. The Kier molecular flexibility index (Phi) is 7.45. The average molecular weight is 367 g/mol. The Bertz CT molecular complexity index is 721. The number of nitrogens with two attached hydrogens (primary N) is 1. The van der Waals surface area contributed by atoms with E-state index in [2.05, 4.69) is 15.6 Å². The number of amides is 2. The van der Waals surface area contributed by atoms with Crippen molar-refractivity contribution in [2.45, 2.75) is 45.2 Å². The molecule has 0 unspecified atom stereocenters. The van der Waals surface area contributed by atoms with E-state index in [1.54, 1.807) is 0 Å². The van der Waals surface area contributed by atoms with Gasteiger partial charge in [-0.25, -0.2) is 0 Å².